The summed E-state index contributed by atoms with van der Waals surface area (Å²) in [6, 6.07) is 4.61. The molecule has 2 rings (SSSR count). The third-order valence-electron chi connectivity index (χ3n) is 3.59. The van der Waals surface area contributed by atoms with Gasteiger partial charge in [0.2, 0.25) is 0 Å². The maximum atomic E-state index is 12.5. The minimum Gasteiger partial charge on any atom is -0.378 e. The normalized spacial score (nSPS) is 11.8. The van der Waals surface area contributed by atoms with Crippen LogP contribution >= 0.6 is 11.5 Å². The van der Waals surface area contributed by atoms with E-state index in [4.69, 9.17) is 0 Å². The first-order chi connectivity index (χ1) is 10.8. The Morgan fingerprint density at radius 3 is 2.70 bits per heavy atom. The van der Waals surface area contributed by atoms with Gasteiger partial charge in [-0.1, -0.05) is 12.1 Å². The molecule has 0 aliphatic carbocycles. The molecule has 0 saturated heterocycles. The molecule has 0 fully saturated rings. The van der Waals surface area contributed by atoms with E-state index in [0.29, 0.717) is 27.4 Å². The zero-order chi connectivity index (χ0) is 17.1. The summed E-state index contributed by atoms with van der Waals surface area (Å²) in [5, 5.41) is 17.5. The van der Waals surface area contributed by atoms with E-state index >= 15 is 0 Å². The van der Waals surface area contributed by atoms with Crippen LogP contribution < -0.4 is 10.6 Å². The van der Waals surface area contributed by atoms with Crippen molar-refractivity contribution in [3.63, 3.8) is 0 Å². The van der Waals surface area contributed by atoms with Crippen LogP contribution in [0.15, 0.2) is 18.2 Å². The summed E-state index contributed by atoms with van der Waals surface area (Å²) in [4.78, 5) is 23.1. The van der Waals surface area contributed by atoms with Crippen molar-refractivity contribution in [2.45, 2.75) is 26.8 Å². The monoisotopic (exact) mass is 334 g/mol. The molecule has 0 saturated carbocycles. The van der Waals surface area contributed by atoms with E-state index in [0.717, 1.165) is 0 Å². The Balaban J connectivity index is 2.23. The predicted molar refractivity (Wildman–Crippen MR) is 90.1 cm³/mol. The second-order valence-electron chi connectivity index (χ2n) is 5.22. The minimum atomic E-state index is -0.417. The van der Waals surface area contributed by atoms with Crippen LogP contribution in [-0.2, 0) is 0 Å². The summed E-state index contributed by atoms with van der Waals surface area (Å²) in [5.74, 6) is -0.253. The molecule has 1 aromatic carbocycles. The Kier molecular flexibility index (Phi) is 4.95. The highest BCUT2D eigenvalue weighted by Gasteiger charge is 2.21. The Morgan fingerprint density at radius 1 is 1.39 bits per heavy atom. The highest BCUT2D eigenvalue weighted by atomic mass is 32.1. The van der Waals surface area contributed by atoms with Crippen LogP contribution in [0.3, 0.4) is 0 Å². The van der Waals surface area contributed by atoms with E-state index in [-0.39, 0.29) is 17.6 Å². The summed E-state index contributed by atoms with van der Waals surface area (Å²) in [6.45, 7) is 5.25. The number of carbonyl (C=O) groups excluding carboxylic acids is 1. The van der Waals surface area contributed by atoms with Crippen molar-refractivity contribution < 1.29 is 9.72 Å². The Bertz CT molecular complexity index is 757. The number of nitro groups is 1. The number of hydrogen-bond acceptors (Lipinski definition) is 6. The molecule has 23 heavy (non-hydrogen) atoms. The molecule has 1 unspecified atom stereocenters. The van der Waals surface area contributed by atoms with Crippen LogP contribution in [0, 0.1) is 24.0 Å². The smallest absolute Gasteiger partial charge is 0.272 e. The summed E-state index contributed by atoms with van der Waals surface area (Å²) >= 11 is 1.22. The molecule has 2 N–H and O–H groups in total. The van der Waals surface area contributed by atoms with E-state index in [1.165, 1.54) is 17.6 Å². The largest absolute Gasteiger partial charge is 0.378 e. The molecule has 1 aromatic heterocycles. The highest BCUT2D eigenvalue weighted by molar-refractivity contribution is 7.10. The van der Waals surface area contributed by atoms with Crippen molar-refractivity contribution in [2.75, 3.05) is 12.4 Å². The van der Waals surface area contributed by atoms with E-state index in [2.05, 4.69) is 15.0 Å². The highest BCUT2D eigenvalue weighted by Crippen LogP contribution is 2.26. The fourth-order valence-corrected chi connectivity index (χ4v) is 2.99. The fraction of sp³-hybridized carbons (Fsp3) is 0.333. The van der Waals surface area contributed by atoms with Crippen LogP contribution in [0.25, 0.3) is 0 Å². The van der Waals surface area contributed by atoms with Gasteiger partial charge < -0.3 is 10.6 Å². The number of carbonyl (C=O) groups is 1. The number of nitro benzene ring substituents is 1. The number of amides is 1. The maximum Gasteiger partial charge on any atom is 0.272 e. The second-order valence-corrected chi connectivity index (χ2v) is 5.99. The lowest BCUT2D eigenvalue weighted by molar-refractivity contribution is -0.385. The number of benzene rings is 1. The summed E-state index contributed by atoms with van der Waals surface area (Å²) < 4.78 is 4.17. The van der Waals surface area contributed by atoms with Gasteiger partial charge >= 0.3 is 0 Å². The standard InChI is InChI=1S/C15H18N4O3S/c1-8-5-6-11(7-12(8)19(21)22)9(2)17-14(20)13-10(3)18-23-15(13)16-4/h5-7,9,16H,1-4H3,(H,17,20). The lowest BCUT2D eigenvalue weighted by Gasteiger charge is -2.15. The third-order valence-corrected chi connectivity index (χ3v) is 4.55. The van der Waals surface area contributed by atoms with Crippen molar-refractivity contribution in [3.8, 4) is 0 Å². The first kappa shape index (κ1) is 16.9. The van der Waals surface area contributed by atoms with Gasteiger partial charge in [0.05, 0.1) is 22.2 Å². The molecular weight excluding hydrogens is 316 g/mol. The van der Waals surface area contributed by atoms with Gasteiger partial charge in [-0.2, -0.15) is 4.37 Å². The summed E-state index contributed by atoms with van der Waals surface area (Å²) in [5.41, 5.74) is 2.48. The molecule has 1 atom stereocenters. The van der Waals surface area contributed by atoms with Crippen molar-refractivity contribution in [1.82, 2.24) is 9.69 Å². The third kappa shape index (κ3) is 3.48. The van der Waals surface area contributed by atoms with Gasteiger partial charge in [0.25, 0.3) is 11.6 Å². The van der Waals surface area contributed by atoms with Crippen LogP contribution in [0.2, 0.25) is 0 Å². The lowest BCUT2D eigenvalue weighted by atomic mass is 10.0. The van der Waals surface area contributed by atoms with Crippen LogP contribution in [0.1, 0.15) is 40.1 Å². The molecule has 8 heteroatoms. The molecule has 0 spiro atoms. The van der Waals surface area contributed by atoms with Crippen molar-refractivity contribution in [1.29, 1.82) is 0 Å². The first-order valence-corrected chi connectivity index (χ1v) is 7.82. The van der Waals surface area contributed by atoms with Crippen LogP contribution in [0.4, 0.5) is 10.7 Å². The van der Waals surface area contributed by atoms with Gasteiger partial charge in [-0.25, -0.2) is 0 Å². The molecule has 1 amide bonds. The van der Waals surface area contributed by atoms with Crippen molar-refractivity contribution in [3.05, 3.63) is 50.7 Å². The number of aromatic nitrogens is 1. The van der Waals surface area contributed by atoms with Gasteiger partial charge in [-0.15, -0.1) is 0 Å². The molecule has 0 aliphatic heterocycles. The average molecular weight is 334 g/mol. The molecular formula is C15H18N4O3S. The topological polar surface area (TPSA) is 97.2 Å². The zero-order valence-electron chi connectivity index (χ0n) is 13.3. The number of aryl methyl sites for hydroxylation is 2. The lowest BCUT2D eigenvalue weighted by Crippen LogP contribution is -2.27. The Morgan fingerprint density at radius 2 is 2.09 bits per heavy atom. The van der Waals surface area contributed by atoms with E-state index in [1.807, 2.05) is 0 Å². The molecule has 7 nitrogen and oxygen atoms in total. The summed E-state index contributed by atoms with van der Waals surface area (Å²) in [7, 11) is 1.73. The minimum absolute atomic E-state index is 0.0490. The van der Waals surface area contributed by atoms with Crippen LogP contribution in [0.5, 0.6) is 0 Å². The Labute approximate surface area is 138 Å². The predicted octanol–water partition coefficient (Wildman–Crippen LogP) is 3.20. The van der Waals surface area contributed by atoms with Gasteiger partial charge in [0.1, 0.15) is 5.00 Å². The van der Waals surface area contributed by atoms with Crippen molar-refractivity contribution in [2.24, 2.45) is 0 Å². The number of rotatable bonds is 5. The van der Waals surface area contributed by atoms with Gasteiger partial charge in [-0.3, -0.25) is 14.9 Å². The zero-order valence-corrected chi connectivity index (χ0v) is 14.2. The van der Waals surface area contributed by atoms with E-state index < -0.39 is 4.92 Å². The van der Waals surface area contributed by atoms with Gasteiger partial charge in [-0.05, 0) is 37.9 Å². The van der Waals surface area contributed by atoms with Crippen LogP contribution in [-0.4, -0.2) is 22.3 Å². The number of nitrogens with one attached hydrogen (secondary N) is 2. The van der Waals surface area contributed by atoms with E-state index in [1.54, 1.807) is 40.0 Å². The quantitative estimate of drug-likeness (QED) is 0.646. The Hall–Kier alpha value is -2.48. The molecule has 122 valence electrons. The first-order valence-electron chi connectivity index (χ1n) is 7.05. The molecule has 1 heterocycles. The average Bonchev–Trinajstić information content (AvgIpc) is 2.88. The fourth-order valence-electron chi connectivity index (χ4n) is 2.25. The SMILES string of the molecule is CNc1snc(C)c1C(=O)NC(C)c1ccc(C)c([N+](=O)[O-])c1. The van der Waals surface area contributed by atoms with Crippen molar-refractivity contribution >= 4 is 28.1 Å². The van der Waals surface area contributed by atoms with Gasteiger partial charge in [0.15, 0.2) is 0 Å². The number of hydrogen-bond donors (Lipinski definition) is 2. The second kappa shape index (κ2) is 6.74. The molecule has 0 bridgehead atoms. The van der Waals surface area contributed by atoms with Gasteiger partial charge in [0, 0.05) is 18.7 Å². The molecule has 0 radical (unpaired) electrons. The molecule has 2 aromatic rings. The number of anilines is 1. The number of nitrogens with zero attached hydrogens (tertiary/aromatic N) is 2. The molecule has 0 aliphatic rings. The maximum absolute atomic E-state index is 12.5. The van der Waals surface area contributed by atoms with E-state index in [9.17, 15) is 14.9 Å². The summed E-state index contributed by atoms with van der Waals surface area (Å²) in [6.07, 6.45) is 0.